The van der Waals surface area contributed by atoms with E-state index < -0.39 is 0 Å². The molecule has 2 saturated carbocycles. The maximum atomic E-state index is 13.4. The lowest BCUT2D eigenvalue weighted by Gasteiger charge is -2.44. The average molecular weight is 573 g/mol. The molecule has 1 heterocycles. The Morgan fingerprint density at radius 1 is 0.595 bits per heavy atom. The van der Waals surface area contributed by atoms with Gasteiger partial charge in [0.1, 0.15) is 0 Å². The molecule has 228 valence electrons. The van der Waals surface area contributed by atoms with Gasteiger partial charge in [-0.3, -0.25) is 19.4 Å². The molecule has 2 N–H and O–H groups in total. The Morgan fingerprint density at radius 3 is 1.38 bits per heavy atom. The van der Waals surface area contributed by atoms with Gasteiger partial charge >= 0.3 is 0 Å². The first-order valence-corrected chi connectivity index (χ1v) is 16.6. The van der Waals surface area contributed by atoms with Crippen molar-refractivity contribution in [2.75, 3.05) is 26.2 Å². The SMILES string of the molecule is CC1CCN(CC(=O)c2ccccc2)C2CCCCC2NC(C)CCN(CC(=O)c2ccccc2)C2CCCCC2N1. The molecule has 6 heteroatoms. The van der Waals surface area contributed by atoms with Crippen LogP contribution in [0.4, 0.5) is 0 Å². The number of hydrogen-bond acceptors (Lipinski definition) is 6. The number of benzene rings is 2. The predicted molar refractivity (Wildman–Crippen MR) is 171 cm³/mol. The van der Waals surface area contributed by atoms with Crippen LogP contribution < -0.4 is 10.6 Å². The summed E-state index contributed by atoms with van der Waals surface area (Å²) in [7, 11) is 0. The number of Topliss-reactive ketones (excluding diaryl/α,β-unsaturated/α-hetero) is 2. The van der Waals surface area contributed by atoms with Crippen LogP contribution in [0.3, 0.4) is 0 Å². The number of hydrogen-bond donors (Lipinski definition) is 2. The molecular weight excluding hydrogens is 520 g/mol. The Kier molecular flexibility index (Phi) is 11.4. The number of nitrogens with one attached hydrogen (secondary N) is 2. The molecule has 0 aromatic heterocycles. The van der Waals surface area contributed by atoms with Gasteiger partial charge in [0.25, 0.3) is 0 Å². The molecule has 5 rings (SSSR count). The normalized spacial score (nSPS) is 30.4. The summed E-state index contributed by atoms with van der Waals surface area (Å²) in [5.74, 6) is 0.446. The molecule has 0 amide bonds. The lowest BCUT2D eigenvalue weighted by Crippen LogP contribution is -2.58. The van der Waals surface area contributed by atoms with E-state index in [-0.39, 0.29) is 11.6 Å². The summed E-state index contributed by atoms with van der Waals surface area (Å²) in [5, 5.41) is 8.05. The zero-order valence-corrected chi connectivity index (χ0v) is 25.8. The first-order chi connectivity index (χ1) is 20.5. The van der Waals surface area contributed by atoms with Crippen molar-refractivity contribution in [3.05, 3.63) is 71.8 Å². The Morgan fingerprint density at radius 2 is 0.976 bits per heavy atom. The van der Waals surface area contributed by atoms with Crippen molar-refractivity contribution < 1.29 is 9.59 Å². The summed E-state index contributed by atoms with van der Waals surface area (Å²) < 4.78 is 0. The second-order valence-electron chi connectivity index (χ2n) is 13.1. The molecule has 2 aromatic rings. The highest BCUT2D eigenvalue weighted by Crippen LogP contribution is 2.28. The molecule has 0 bridgehead atoms. The molecular formula is C36H52N4O2. The average Bonchev–Trinajstić information content (AvgIpc) is 3.02. The quantitative estimate of drug-likeness (QED) is 0.431. The minimum atomic E-state index is 0.223. The van der Waals surface area contributed by atoms with Gasteiger partial charge in [-0.2, -0.15) is 0 Å². The maximum Gasteiger partial charge on any atom is 0.176 e. The maximum absolute atomic E-state index is 13.4. The van der Waals surface area contributed by atoms with Crippen LogP contribution in [0.25, 0.3) is 0 Å². The van der Waals surface area contributed by atoms with Crippen LogP contribution in [-0.2, 0) is 0 Å². The molecule has 42 heavy (non-hydrogen) atoms. The van der Waals surface area contributed by atoms with E-state index in [1.165, 1.54) is 25.7 Å². The zero-order valence-electron chi connectivity index (χ0n) is 25.8. The highest BCUT2D eigenvalue weighted by molar-refractivity contribution is 5.98. The van der Waals surface area contributed by atoms with E-state index in [0.717, 1.165) is 62.7 Å². The van der Waals surface area contributed by atoms with E-state index in [0.29, 0.717) is 49.3 Å². The third-order valence-electron chi connectivity index (χ3n) is 9.98. The van der Waals surface area contributed by atoms with Crippen LogP contribution in [0.15, 0.2) is 60.7 Å². The Balaban J connectivity index is 1.36. The van der Waals surface area contributed by atoms with Gasteiger partial charge in [-0.25, -0.2) is 0 Å². The monoisotopic (exact) mass is 572 g/mol. The minimum Gasteiger partial charge on any atom is -0.310 e. The van der Waals surface area contributed by atoms with E-state index in [1.54, 1.807) is 0 Å². The van der Waals surface area contributed by atoms with Crippen molar-refractivity contribution in [3.63, 3.8) is 0 Å². The molecule has 6 nitrogen and oxygen atoms in total. The highest BCUT2D eigenvalue weighted by atomic mass is 16.1. The molecule has 6 atom stereocenters. The second-order valence-corrected chi connectivity index (χ2v) is 13.1. The van der Waals surface area contributed by atoms with Crippen LogP contribution in [0.2, 0.25) is 0 Å². The van der Waals surface area contributed by atoms with Crippen molar-refractivity contribution in [2.24, 2.45) is 0 Å². The molecule has 0 spiro atoms. The molecule has 3 aliphatic rings. The fraction of sp³-hybridized carbons (Fsp3) is 0.611. The lowest BCUT2D eigenvalue weighted by molar-refractivity contribution is 0.0690. The third kappa shape index (κ3) is 8.37. The van der Waals surface area contributed by atoms with Crippen LogP contribution in [0, 0.1) is 0 Å². The number of nitrogens with zero attached hydrogens (tertiary/aromatic N) is 2. The molecule has 1 aliphatic heterocycles. The summed E-state index contributed by atoms with van der Waals surface area (Å²) in [6.45, 7) is 7.42. The summed E-state index contributed by atoms with van der Waals surface area (Å²) in [6.07, 6.45) is 11.5. The van der Waals surface area contributed by atoms with Gasteiger partial charge in [-0.15, -0.1) is 0 Å². The first-order valence-electron chi connectivity index (χ1n) is 16.6. The lowest BCUT2D eigenvalue weighted by atomic mass is 9.86. The van der Waals surface area contributed by atoms with E-state index >= 15 is 0 Å². The van der Waals surface area contributed by atoms with Crippen molar-refractivity contribution in [3.8, 4) is 0 Å². The highest BCUT2D eigenvalue weighted by Gasteiger charge is 2.35. The molecule has 0 radical (unpaired) electrons. The predicted octanol–water partition coefficient (Wildman–Crippen LogP) is 5.73. The number of ketones is 2. The fourth-order valence-electron chi connectivity index (χ4n) is 7.63. The van der Waals surface area contributed by atoms with Gasteiger partial charge in [0.15, 0.2) is 11.6 Å². The van der Waals surface area contributed by atoms with Gasteiger partial charge < -0.3 is 10.6 Å². The summed E-state index contributed by atoms with van der Waals surface area (Å²) in [4.78, 5) is 31.8. The third-order valence-corrected chi connectivity index (χ3v) is 9.98. The Bertz CT molecular complexity index is 1040. The van der Waals surface area contributed by atoms with Crippen molar-refractivity contribution in [1.82, 2.24) is 20.4 Å². The summed E-state index contributed by atoms with van der Waals surface area (Å²) >= 11 is 0. The molecule has 6 unspecified atom stereocenters. The van der Waals surface area contributed by atoms with E-state index in [4.69, 9.17) is 0 Å². The molecule has 2 aliphatic carbocycles. The van der Waals surface area contributed by atoms with E-state index in [9.17, 15) is 9.59 Å². The topological polar surface area (TPSA) is 64.7 Å². The van der Waals surface area contributed by atoms with Crippen molar-refractivity contribution in [1.29, 1.82) is 0 Å². The zero-order chi connectivity index (χ0) is 29.3. The minimum absolute atomic E-state index is 0.223. The number of fused-ring (bicyclic) bond motifs is 2. The standard InChI is InChI=1S/C36H52N4O2/c1-27-21-23-39(25-35(41)29-13-5-3-6-14-29)34-20-12-10-18-32(34)38-28(2)22-24-40(33-19-11-9-17-31(33)37-27)26-36(42)30-15-7-4-8-16-30/h3-8,13-16,27-28,31-34,37-38H,9-12,17-26H2,1-2H3. The Labute approximate surface area is 253 Å². The number of carbonyl (C=O) groups is 2. The first kappa shape index (κ1) is 31.1. The van der Waals surface area contributed by atoms with Crippen molar-refractivity contribution in [2.45, 2.75) is 114 Å². The molecule has 1 saturated heterocycles. The van der Waals surface area contributed by atoms with Gasteiger partial charge in [0.2, 0.25) is 0 Å². The van der Waals surface area contributed by atoms with Crippen molar-refractivity contribution >= 4 is 11.6 Å². The van der Waals surface area contributed by atoms with Crippen LogP contribution >= 0.6 is 0 Å². The van der Waals surface area contributed by atoms with Gasteiger partial charge in [-0.1, -0.05) is 86.3 Å². The summed E-state index contributed by atoms with van der Waals surface area (Å²) in [6, 6.07) is 21.8. The van der Waals surface area contributed by atoms with E-state index in [2.05, 4.69) is 34.3 Å². The molecule has 2 aromatic carbocycles. The van der Waals surface area contributed by atoms with Gasteiger partial charge in [0.05, 0.1) is 13.1 Å². The van der Waals surface area contributed by atoms with Gasteiger partial charge in [0, 0.05) is 60.5 Å². The van der Waals surface area contributed by atoms with Crippen LogP contribution in [-0.4, -0.2) is 83.8 Å². The smallest absolute Gasteiger partial charge is 0.176 e. The van der Waals surface area contributed by atoms with Gasteiger partial charge in [-0.05, 0) is 52.4 Å². The van der Waals surface area contributed by atoms with E-state index in [1.807, 2.05) is 60.7 Å². The number of carbonyl (C=O) groups excluding carboxylic acids is 2. The second kappa shape index (κ2) is 15.4. The Hall–Kier alpha value is -2.38. The summed E-state index contributed by atoms with van der Waals surface area (Å²) in [5.41, 5.74) is 1.62. The number of rotatable bonds is 6. The molecule has 3 fully saturated rings. The fourth-order valence-corrected chi connectivity index (χ4v) is 7.63. The largest absolute Gasteiger partial charge is 0.310 e. The van der Waals surface area contributed by atoms with Crippen LogP contribution in [0.5, 0.6) is 0 Å². The van der Waals surface area contributed by atoms with Crippen LogP contribution in [0.1, 0.15) is 98.8 Å².